The maximum Gasteiger partial charge on any atom is 0.274 e. The van der Waals surface area contributed by atoms with E-state index in [1.54, 1.807) is 49.8 Å². The van der Waals surface area contributed by atoms with E-state index >= 15 is 0 Å². The molecule has 0 radical (unpaired) electrons. The van der Waals surface area contributed by atoms with Gasteiger partial charge in [0.05, 0.1) is 4.92 Å². The molecular weight excluding hydrogens is 374 g/mol. The summed E-state index contributed by atoms with van der Waals surface area (Å²) in [5, 5.41) is 12.0. The Morgan fingerprint density at radius 1 is 1.10 bits per heavy atom. The van der Waals surface area contributed by atoms with E-state index in [-0.39, 0.29) is 11.2 Å². The van der Waals surface area contributed by atoms with Crippen LogP contribution >= 0.6 is 0 Å². The van der Waals surface area contributed by atoms with Crippen molar-refractivity contribution in [3.05, 3.63) is 87.0 Å². The van der Waals surface area contributed by atoms with Gasteiger partial charge >= 0.3 is 0 Å². The topological polar surface area (TPSA) is 107 Å². The number of carbonyl (C=O) groups is 1. The number of nitro groups is 1. The fourth-order valence-electron chi connectivity index (χ4n) is 3.16. The summed E-state index contributed by atoms with van der Waals surface area (Å²) in [5.41, 5.74) is 1.70. The van der Waals surface area contributed by atoms with Crippen molar-refractivity contribution in [1.29, 1.82) is 0 Å². The second-order valence-corrected chi connectivity index (χ2v) is 6.45. The predicted octanol–water partition coefficient (Wildman–Crippen LogP) is 4.05. The van der Waals surface area contributed by atoms with Crippen LogP contribution in [0.4, 0.5) is 5.69 Å². The third-order valence-corrected chi connectivity index (χ3v) is 4.60. The smallest absolute Gasteiger partial charge is 0.274 e. The van der Waals surface area contributed by atoms with Crippen molar-refractivity contribution < 1.29 is 14.5 Å². The highest BCUT2D eigenvalue weighted by Crippen LogP contribution is 2.38. The molecule has 8 heteroatoms. The molecule has 0 unspecified atom stereocenters. The monoisotopic (exact) mass is 389 g/mol. The maximum absolute atomic E-state index is 12.3. The fourth-order valence-corrected chi connectivity index (χ4v) is 3.16. The summed E-state index contributed by atoms with van der Waals surface area (Å²) in [5.74, 6) is 0.858. The first-order chi connectivity index (χ1) is 14.0. The number of nitro benzene ring substituents is 1. The van der Waals surface area contributed by atoms with Crippen molar-refractivity contribution in [3.63, 3.8) is 0 Å². The maximum atomic E-state index is 12.3. The highest BCUT2D eigenvalue weighted by atomic mass is 16.6. The average molecular weight is 389 g/mol. The molecule has 0 saturated carbocycles. The van der Waals surface area contributed by atoms with Gasteiger partial charge in [-0.1, -0.05) is 0 Å². The second-order valence-electron chi connectivity index (χ2n) is 6.45. The van der Waals surface area contributed by atoms with Gasteiger partial charge in [-0.2, -0.15) is 0 Å². The van der Waals surface area contributed by atoms with E-state index in [0.717, 1.165) is 6.29 Å². The number of fused-ring (bicyclic) bond motifs is 1. The third kappa shape index (κ3) is 3.27. The van der Waals surface area contributed by atoms with Gasteiger partial charge < -0.3 is 14.3 Å². The molecule has 144 valence electrons. The molecule has 2 aromatic heterocycles. The standard InChI is InChI=1S/C21H15N3O5/c1-23-11-18(16-8-9-22-20(16)21(23)26)17-10-14(24(27)28)4-7-19(17)29-15-5-2-13(12-25)3-6-15/h2-12,22H,1H3. The summed E-state index contributed by atoms with van der Waals surface area (Å²) in [4.78, 5) is 37.0. The zero-order valence-corrected chi connectivity index (χ0v) is 15.3. The summed E-state index contributed by atoms with van der Waals surface area (Å²) in [7, 11) is 1.61. The van der Waals surface area contributed by atoms with Gasteiger partial charge in [-0.25, -0.2) is 0 Å². The zero-order valence-electron chi connectivity index (χ0n) is 15.3. The molecule has 1 N–H and O–H groups in total. The summed E-state index contributed by atoms with van der Waals surface area (Å²) in [6.07, 6.45) is 4.00. The van der Waals surface area contributed by atoms with Gasteiger partial charge in [-0.05, 0) is 36.4 Å². The number of aryl methyl sites for hydroxylation is 1. The molecule has 0 atom stereocenters. The number of aromatic amines is 1. The van der Waals surface area contributed by atoms with Crippen molar-refractivity contribution in [2.75, 3.05) is 0 Å². The molecule has 0 aliphatic carbocycles. The van der Waals surface area contributed by atoms with E-state index < -0.39 is 4.92 Å². The van der Waals surface area contributed by atoms with Gasteiger partial charge in [-0.15, -0.1) is 0 Å². The number of hydrogen-bond acceptors (Lipinski definition) is 5. The van der Waals surface area contributed by atoms with Crippen LogP contribution in [0.5, 0.6) is 11.5 Å². The minimum Gasteiger partial charge on any atom is -0.457 e. The minimum absolute atomic E-state index is 0.0961. The number of hydrogen-bond donors (Lipinski definition) is 1. The van der Waals surface area contributed by atoms with E-state index in [4.69, 9.17) is 4.74 Å². The lowest BCUT2D eigenvalue weighted by Gasteiger charge is -2.13. The van der Waals surface area contributed by atoms with Gasteiger partial charge in [-0.3, -0.25) is 19.7 Å². The Balaban J connectivity index is 1.91. The van der Waals surface area contributed by atoms with Crippen LogP contribution < -0.4 is 10.3 Å². The number of non-ortho nitro benzene ring substituents is 1. The SMILES string of the molecule is Cn1cc(-c2cc([N+](=O)[O-])ccc2Oc2ccc(C=O)cc2)c2cc[nH]c2c1=O. The first-order valence-corrected chi connectivity index (χ1v) is 8.66. The van der Waals surface area contributed by atoms with Crippen LogP contribution in [0, 0.1) is 10.1 Å². The Labute approximate surface area is 164 Å². The van der Waals surface area contributed by atoms with Crippen molar-refractivity contribution in [3.8, 4) is 22.6 Å². The molecule has 0 saturated heterocycles. The summed E-state index contributed by atoms with van der Waals surface area (Å²) < 4.78 is 7.37. The summed E-state index contributed by atoms with van der Waals surface area (Å²) in [6.45, 7) is 0. The van der Waals surface area contributed by atoms with Crippen LogP contribution in [0.3, 0.4) is 0 Å². The van der Waals surface area contributed by atoms with Crippen LogP contribution in [0.25, 0.3) is 22.0 Å². The number of aldehydes is 1. The first kappa shape index (κ1) is 18.2. The number of rotatable bonds is 5. The molecule has 4 aromatic rings. The summed E-state index contributed by atoms with van der Waals surface area (Å²) in [6, 6.07) is 12.5. The lowest BCUT2D eigenvalue weighted by Crippen LogP contribution is -2.16. The number of nitrogens with one attached hydrogen (secondary N) is 1. The van der Waals surface area contributed by atoms with Gasteiger partial charge in [0.2, 0.25) is 0 Å². The van der Waals surface area contributed by atoms with Gasteiger partial charge in [0, 0.05) is 53.7 Å². The third-order valence-electron chi connectivity index (χ3n) is 4.60. The minimum atomic E-state index is -0.484. The van der Waals surface area contributed by atoms with Gasteiger partial charge in [0.1, 0.15) is 23.3 Å². The average Bonchev–Trinajstić information content (AvgIpc) is 3.22. The number of nitrogens with zero attached hydrogens (tertiary/aromatic N) is 2. The number of carbonyl (C=O) groups excluding carboxylic acids is 1. The zero-order chi connectivity index (χ0) is 20.5. The molecule has 8 nitrogen and oxygen atoms in total. The largest absolute Gasteiger partial charge is 0.457 e. The van der Waals surface area contributed by atoms with Crippen molar-refractivity contribution >= 4 is 22.9 Å². The molecule has 29 heavy (non-hydrogen) atoms. The van der Waals surface area contributed by atoms with E-state index in [1.807, 2.05) is 0 Å². The van der Waals surface area contributed by atoms with E-state index in [0.29, 0.717) is 39.1 Å². The molecule has 0 aliphatic heterocycles. The highest BCUT2D eigenvalue weighted by Gasteiger charge is 2.18. The predicted molar refractivity (Wildman–Crippen MR) is 108 cm³/mol. The lowest BCUT2D eigenvalue weighted by molar-refractivity contribution is -0.384. The van der Waals surface area contributed by atoms with Crippen LogP contribution in [-0.2, 0) is 7.05 Å². The van der Waals surface area contributed by atoms with Crippen molar-refractivity contribution in [2.45, 2.75) is 0 Å². The molecule has 0 amide bonds. The number of H-pyrrole nitrogens is 1. The van der Waals surface area contributed by atoms with Gasteiger partial charge in [0.25, 0.3) is 11.2 Å². The van der Waals surface area contributed by atoms with Crippen LogP contribution in [0.2, 0.25) is 0 Å². The van der Waals surface area contributed by atoms with Crippen molar-refractivity contribution in [2.24, 2.45) is 7.05 Å². The van der Waals surface area contributed by atoms with E-state index in [1.165, 1.54) is 22.8 Å². The number of ether oxygens (including phenoxy) is 1. The second kappa shape index (κ2) is 7.08. The molecular formula is C21H15N3O5. The quantitative estimate of drug-likeness (QED) is 0.315. The van der Waals surface area contributed by atoms with E-state index in [9.17, 15) is 19.7 Å². The Hall–Kier alpha value is -4.20. The number of benzene rings is 2. The molecule has 0 bridgehead atoms. The van der Waals surface area contributed by atoms with Crippen LogP contribution in [-0.4, -0.2) is 20.8 Å². The Morgan fingerprint density at radius 3 is 2.55 bits per heavy atom. The van der Waals surface area contributed by atoms with E-state index in [2.05, 4.69) is 4.98 Å². The van der Waals surface area contributed by atoms with Crippen LogP contribution in [0.15, 0.2) is 65.7 Å². The molecule has 4 rings (SSSR count). The Bertz CT molecular complexity index is 1300. The van der Waals surface area contributed by atoms with Crippen molar-refractivity contribution in [1.82, 2.24) is 9.55 Å². The highest BCUT2D eigenvalue weighted by molar-refractivity contribution is 5.96. The normalized spacial score (nSPS) is 10.8. The molecule has 2 aromatic carbocycles. The Kier molecular flexibility index (Phi) is 4.44. The van der Waals surface area contributed by atoms with Gasteiger partial charge in [0.15, 0.2) is 0 Å². The fraction of sp³-hybridized carbons (Fsp3) is 0.0476. The first-order valence-electron chi connectivity index (χ1n) is 8.66. The Morgan fingerprint density at radius 2 is 1.86 bits per heavy atom. The molecule has 0 fully saturated rings. The number of pyridine rings is 1. The number of aromatic nitrogens is 2. The molecule has 0 spiro atoms. The molecule has 2 heterocycles. The molecule has 0 aliphatic rings. The van der Waals surface area contributed by atoms with Crippen LogP contribution in [0.1, 0.15) is 10.4 Å². The summed E-state index contributed by atoms with van der Waals surface area (Å²) >= 11 is 0. The lowest BCUT2D eigenvalue weighted by atomic mass is 10.0.